The van der Waals surface area contributed by atoms with Crippen molar-refractivity contribution in [3.05, 3.63) is 34.3 Å². The SMILES string of the molecule is CC(CCl)Cc1ccc(C(C)(C)C)c(Cl)c1. The van der Waals surface area contributed by atoms with Crippen molar-refractivity contribution in [2.75, 3.05) is 5.88 Å². The fourth-order valence-corrected chi connectivity index (χ4v) is 2.35. The van der Waals surface area contributed by atoms with Gasteiger partial charge in [0.05, 0.1) is 0 Å². The lowest BCUT2D eigenvalue weighted by atomic mass is 9.86. The van der Waals surface area contributed by atoms with E-state index >= 15 is 0 Å². The van der Waals surface area contributed by atoms with E-state index in [0.717, 1.165) is 11.4 Å². The normalized spacial score (nSPS) is 13.9. The summed E-state index contributed by atoms with van der Waals surface area (Å²) in [5, 5.41) is 0.867. The highest BCUT2D eigenvalue weighted by Gasteiger charge is 2.17. The Kier molecular flexibility index (Phi) is 4.70. The van der Waals surface area contributed by atoms with Crippen molar-refractivity contribution in [3.63, 3.8) is 0 Å². The zero-order chi connectivity index (χ0) is 12.3. The van der Waals surface area contributed by atoms with Crippen LogP contribution >= 0.6 is 23.2 Å². The molecule has 1 unspecified atom stereocenters. The van der Waals surface area contributed by atoms with Gasteiger partial charge >= 0.3 is 0 Å². The van der Waals surface area contributed by atoms with Crippen molar-refractivity contribution in [1.29, 1.82) is 0 Å². The van der Waals surface area contributed by atoms with Gasteiger partial charge in [-0.25, -0.2) is 0 Å². The largest absolute Gasteiger partial charge is 0.126 e. The molecule has 0 spiro atoms. The third kappa shape index (κ3) is 3.68. The molecule has 0 aliphatic rings. The monoisotopic (exact) mass is 258 g/mol. The smallest absolute Gasteiger partial charge is 0.0446 e. The molecular formula is C14H20Cl2. The Bertz CT molecular complexity index is 350. The summed E-state index contributed by atoms with van der Waals surface area (Å²) >= 11 is 12.1. The first-order valence-corrected chi connectivity index (χ1v) is 6.60. The zero-order valence-corrected chi connectivity index (χ0v) is 12.0. The number of halogens is 2. The van der Waals surface area contributed by atoms with Gasteiger partial charge < -0.3 is 0 Å². The minimum absolute atomic E-state index is 0.105. The quantitative estimate of drug-likeness (QED) is 0.666. The van der Waals surface area contributed by atoms with Crippen LogP contribution in [0.5, 0.6) is 0 Å². The third-order valence-electron chi connectivity index (χ3n) is 2.69. The molecule has 0 radical (unpaired) electrons. The van der Waals surface area contributed by atoms with Crippen LogP contribution in [0.1, 0.15) is 38.8 Å². The highest BCUT2D eigenvalue weighted by atomic mass is 35.5. The van der Waals surface area contributed by atoms with E-state index in [1.165, 1.54) is 11.1 Å². The molecular weight excluding hydrogens is 239 g/mol. The molecule has 0 aromatic heterocycles. The Morgan fingerprint density at radius 3 is 2.31 bits per heavy atom. The molecule has 1 aromatic carbocycles. The Labute approximate surface area is 109 Å². The van der Waals surface area contributed by atoms with Crippen molar-refractivity contribution in [2.24, 2.45) is 5.92 Å². The second kappa shape index (κ2) is 5.42. The molecule has 1 atom stereocenters. The van der Waals surface area contributed by atoms with E-state index in [9.17, 15) is 0 Å². The highest BCUT2D eigenvalue weighted by molar-refractivity contribution is 6.31. The van der Waals surface area contributed by atoms with Crippen LogP contribution in [0.25, 0.3) is 0 Å². The average molecular weight is 259 g/mol. The van der Waals surface area contributed by atoms with Gasteiger partial charge in [0.2, 0.25) is 0 Å². The van der Waals surface area contributed by atoms with E-state index in [1.807, 2.05) is 0 Å². The van der Waals surface area contributed by atoms with Crippen molar-refractivity contribution < 1.29 is 0 Å². The van der Waals surface area contributed by atoms with Crippen molar-refractivity contribution in [2.45, 2.75) is 39.5 Å². The fraction of sp³-hybridized carbons (Fsp3) is 0.571. The highest BCUT2D eigenvalue weighted by Crippen LogP contribution is 2.30. The van der Waals surface area contributed by atoms with Gasteiger partial charge in [-0.2, -0.15) is 0 Å². The number of benzene rings is 1. The third-order valence-corrected chi connectivity index (χ3v) is 3.53. The maximum absolute atomic E-state index is 6.31. The number of rotatable bonds is 3. The Morgan fingerprint density at radius 2 is 1.88 bits per heavy atom. The van der Waals surface area contributed by atoms with Gasteiger partial charge in [-0.3, -0.25) is 0 Å². The average Bonchev–Trinajstić information content (AvgIpc) is 2.15. The molecule has 16 heavy (non-hydrogen) atoms. The molecule has 90 valence electrons. The first kappa shape index (κ1) is 13.9. The minimum Gasteiger partial charge on any atom is -0.126 e. The van der Waals surface area contributed by atoms with Crippen LogP contribution in [0, 0.1) is 5.92 Å². The van der Waals surface area contributed by atoms with Crippen LogP contribution in [0.15, 0.2) is 18.2 Å². The summed E-state index contributed by atoms with van der Waals surface area (Å²) in [5.74, 6) is 1.19. The predicted molar refractivity (Wildman–Crippen MR) is 73.7 cm³/mol. The summed E-state index contributed by atoms with van der Waals surface area (Å²) in [7, 11) is 0. The molecule has 0 fully saturated rings. The summed E-state index contributed by atoms with van der Waals surface area (Å²) in [6, 6.07) is 6.37. The van der Waals surface area contributed by atoms with E-state index in [0.29, 0.717) is 11.8 Å². The Balaban J connectivity index is 2.91. The van der Waals surface area contributed by atoms with E-state index < -0.39 is 0 Å². The molecule has 0 saturated heterocycles. The topological polar surface area (TPSA) is 0 Å². The summed E-state index contributed by atoms with van der Waals surface area (Å²) in [6.07, 6.45) is 0.994. The van der Waals surface area contributed by atoms with Gasteiger partial charge in [0.25, 0.3) is 0 Å². The van der Waals surface area contributed by atoms with Crippen LogP contribution < -0.4 is 0 Å². The maximum Gasteiger partial charge on any atom is 0.0446 e. The van der Waals surface area contributed by atoms with E-state index in [4.69, 9.17) is 23.2 Å². The second-order valence-corrected chi connectivity index (χ2v) is 6.24. The molecule has 1 aromatic rings. The molecule has 0 heterocycles. The molecule has 0 N–H and O–H groups in total. The van der Waals surface area contributed by atoms with Crippen LogP contribution in [-0.2, 0) is 11.8 Å². The van der Waals surface area contributed by atoms with Gasteiger partial charge in [-0.1, -0.05) is 51.4 Å². The van der Waals surface area contributed by atoms with Crippen LogP contribution in [0.2, 0.25) is 5.02 Å². The first-order chi connectivity index (χ1) is 7.34. The lowest BCUT2D eigenvalue weighted by molar-refractivity contribution is 0.589. The van der Waals surface area contributed by atoms with E-state index in [2.05, 4.69) is 45.9 Å². The van der Waals surface area contributed by atoms with E-state index in [-0.39, 0.29) is 5.41 Å². The predicted octanol–water partition coefficient (Wildman–Crippen LogP) is 5.05. The van der Waals surface area contributed by atoms with Crippen molar-refractivity contribution in [1.82, 2.24) is 0 Å². The van der Waals surface area contributed by atoms with Crippen molar-refractivity contribution in [3.8, 4) is 0 Å². The van der Waals surface area contributed by atoms with Crippen molar-refractivity contribution >= 4 is 23.2 Å². The lowest BCUT2D eigenvalue weighted by Crippen LogP contribution is -2.12. The Hall–Kier alpha value is -0.200. The molecule has 0 amide bonds. The molecule has 0 aliphatic heterocycles. The van der Waals surface area contributed by atoms with E-state index in [1.54, 1.807) is 0 Å². The number of hydrogen-bond acceptors (Lipinski definition) is 0. The van der Waals surface area contributed by atoms with Gasteiger partial charge in [-0.15, -0.1) is 11.6 Å². The van der Waals surface area contributed by atoms with Gasteiger partial charge in [0.15, 0.2) is 0 Å². The molecule has 0 aliphatic carbocycles. The van der Waals surface area contributed by atoms with Crippen LogP contribution in [0.4, 0.5) is 0 Å². The summed E-state index contributed by atoms with van der Waals surface area (Å²) < 4.78 is 0. The molecule has 1 rings (SSSR count). The standard InChI is InChI=1S/C14H20Cl2/c1-10(9-15)7-11-5-6-12(13(16)8-11)14(2,3)4/h5-6,8,10H,7,9H2,1-4H3. The molecule has 0 nitrogen and oxygen atoms in total. The molecule has 0 bridgehead atoms. The van der Waals surface area contributed by atoms with Crippen LogP contribution in [0.3, 0.4) is 0 Å². The van der Waals surface area contributed by atoms with Gasteiger partial charge in [0.1, 0.15) is 0 Å². The lowest BCUT2D eigenvalue weighted by Gasteiger charge is -2.21. The van der Waals surface area contributed by atoms with Gasteiger partial charge in [-0.05, 0) is 34.9 Å². The minimum atomic E-state index is 0.105. The van der Waals surface area contributed by atoms with Crippen LogP contribution in [-0.4, -0.2) is 5.88 Å². The second-order valence-electron chi connectivity index (χ2n) is 5.53. The molecule has 2 heteroatoms. The Morgan fingerprint density at radius 1 is 1.25 bits per heavy atom. The molecule has 0 saturated carbocycles. The fourth-order valence-electron chi connectivity index (χ4n) is 1.75. The summed E-state index contributed by atoms with van der Waals surface area (Å²) in [6.45, 7) is 8.68. The zero-order valence-electron chi connectivity index (χ0n) is 10.5. The summed E-state index contributed by atoms with van der Waals surface area (Å²) in [5.41, 5.74) is 2.58. The first-order valence-electron chi connectivity index (χ1n) is 5.69. The summed E-state index contributed by atoms with van der Waals surface area (Å²) in [4.78, 5) is 0. The number of hydrogen-bond donors (Lipinski definition) is 0. The maximum atomic E-state index is 6.31. The number of alkyl halides is 1. The van der Waals surface area contributed by atoms with Gasteiger partial charge in [0, 0.05) is 10.9 Å².